The lowest BCUT2D eigenvalue weighted by Crippen LogP contribution is -2.38. The molecule has 0 aliphatic heterocycles. The Kier molecular flexibility index (Phi) is 6.40. The van der Waals surface area contributed by atoms with E-state index in [1.54, 1.807) is 30.1 Å². The maximum Gasteiger partial charge on any atom is 0.387 e. The lowest BCUT2D eigenvalue weighted by Gasteiger charge is -2.15. The summed E-state index contributed by atoms with van der Waals surface area (Å²) < 4.78 is 34.5. The van der Waals surface area contributed by atoms with E-state index < -0.39 is 6.61 Å². The molecule has 25 heavy (non-hydrogen) atoms. The predicted molar refractivity (Wildman–Crippen MR) is 86.0 cm³/mol. The van der Waals surface area contributed by atoms with Gasteiger partial charge < -0.3 is 14.6 Å². The Morgan fingerprint density at radius 3 is 2.76 bits per heavy atom. The number of ether oxygens (including phenoxy) is 1. The van der Waals surface area contributed by atoms with Gasteiger partial charge >= 0.3 is 6.61 Å². The van der Waals surface area contributed by atoms with E-state index in [0.717, 1.165) is 0 Å². The number of carbonyl (C=O) groups is 1. The standard InChI is InChI=1S/C16H20F2N4O3/c1-10(2)19-13(23)8-22(3)9-14-20-15(21-25-14)11-6-4-5-7-12(11)24-16(17)18/h4-7,10,16H,8-9H2,1-3H3,(H,19,23). The van der Waals surface area contributed by atoms with Crippen molar-refractivity contribution in [2.45, 2.75) is 33.0 Å². The highest BCUT2D eigenvalue weighted by Crippen LogP contribution is 2.28. The molecule has 1 N–H and O–H groups in total. The molecule has 1 amide bonds. The third-order valence-corrected chi connectivity index (χ3v) is 3.08. The number of amides is 1. The minimum atomic E-state index is -2.95. The molecule has 0 aliphatic carbocycles. The number of nitrogens with one attached hydrogen (secondary N) is 1. The van der Waals surface area contributed by atoms with E-state index in [1.807, 2.05) is 13.8 Å². The molecule has 0 bridgehead atoms. The Bertz CT molecular complexity index is 706. The van der Waals surface area contributed by atoms with Crippen molar-refractivity contribution >= 4 is 5.91 Å². The van der Waals surface area contributed by atoms with E-state index in [2.05, 4.69) is 20.2 Å². The van der Waals surface area contributed by atoms with Gasteiger partial charge in [0, 0.05) is 6.04 Å². The molecular weight excluding hydrogens is 334 g/mol. The Labute approximate surface area is 144 Å². The summed E-state index contributed by atoms with van der Waals surface area (Å²) in [7, 11) is 1.73. The molecule has 9 heteroatoms. The van der Waals surface area contributed by atoms with Gasteiger partial charge in [-0.3, -0.25) is 9.69 Å². The molecule has 0 radical (unpaired) electrons. The number of halogens is 2. The van der Waals surface area contributed by atoms with Crippen molar-refractivity contribution in [3.05, 3.63) is 30.2 Å². The second-order valence-electron chi connectivity index (χ2n) is 5.78. The summed E-state index contributed by atoms with van der Waals surface area (Å²) >= 11 is 0. The van der Waals surface area contributed by atoms with E-state index in [9.17, 15) is 13.6 Å². The zero-order chi connectivity index (χ0) is 18.4. The number of benzene rings is 1. The number of hydrogen-bond acceptors (Lipinski definition) is 6. The van der Waals surface area contributed by atoms with Crippen molar-refractivity contribution in [2.75, 3.05) is 13.6 Å². The van der Waals surface area contributed by atoms with Crippen molar-refractivity contribution in [2.24, 2.45) is 0 Å². The smallest absolute Gasteiger partial charge is 0.387 e. The van der Waals surface area contributed by atoms with Crippen molar-refractivity contribution in [3.8, 4) is 17.1 Å². The van der Waals surface area contributed by atoms with Crippen LogP contribution in [0.5, 0.6) is 5.75 Å². The minimum absolute atomic E-state index is 0.0329. The molecule has 1 aromatic heterocycles. The summed E-state index contributed by atoms with van der Waals surface area (Å²) in [4.78, 5) is 17.6. The van der Waals surface area contributed by atoms with Gasteiger partial charge in [0.15, 0.2) is 0 Å². The molecule has 0 unspecified atom stereocenters. The van der Waals surface area contributed by atoms with Crippen LogP contribution in [-0.2, 0) is 11.3 Å². The van der Waals surface area contributed by atoms with Crippen molar-refractivity contribution in [1.29, 1.82) is 0 Å². The lowest BCUT2D eigenvalue weighted by molar-refractivity contribution is -0.122. The van der Waals surface area contributed by atoms with E-state index >= 15 is 0 Å². The fourth-order valence-corrected chi connectivity index (χ4v) is 2.18. The highest BCUT2D eigenvalue weighted by Gasteiger charge is 2.17. The second-order valence-corrected chi connectivity index (χ2v) is 5.78. The van der Waals surface area contributed by atoms with Gasteiger partial charge in [-0.05, 0) is 33.0 Å². The highest BCUT2D eigenvalue weighted by atomic mass is 19.3. The van der Waals surface area contributed by atoms with Crippen molar-refractivity contribution in [3.63, 3.8) is 0 Å². The van der Waals surface area contributed by atoms with Gasteiger partial charge in [0.2, 0.25) is 17.6 Å². The van der Waals surface area contributed by atoms with Crippen LogP contribution in [0.15, 0.2) is 28.8 Å². The maximum absolute atomic E-state index is 12.5. The van der Waals surface area contributed by atoms with Gasteiger partial charge in [0.1, 0.15) is 5.75 Å². The highest BCUT2D eigenvalue weighted by molar-refractivity contribution is 5.78. The molecule has 0 aliphatic rings. The van der Waals surface area contributed by atoms with Crippen LogP contribution in [0.25, 0.3) is 11.4 Å². The molecule has 0 fully saturated rings. The number of carbonyl (C=O) groups excluding carboxylic acids is 1. The average molecular weight is 354 g/mol. The van der Waals surface area contributed by atoms with Crippen LogP contribution in [-0.4, -0.2) is 47.2 Å². The SMILES string of the molecule is CC(C)NC(=O)CN(C)Cc1nc(-c2ccccc2OC(F)F)no1. The van der Waals surface area contributed by atoms with E-state index in [4.69, 9.17) is 4.52 Å². The van der Waals surface area contributed by atoms with Gasteiger partial charge in [-0.25, -0.2) is 0 Å². The van der Waals surface area contributed by atoms with Crippen LogP contribution in [0.3, 0.4) is 0 Å². The molecule has 136 valence electrons. The molecule has 7 nitrogen and oxygen atoms in total. The number of aromatic nitrogens is 2. The van der Waals surface area contributed by atoms with Crippen LogP contribution in [0.2, 0.25) is 0 Å². The molecule has 0 spiro atoms. The fourth-order valence-electron chi connectivity index (χ4n) is 2.18. The first-order valence-corrected chi connectivity index (χ1v) is 7.70. The summed E-state index contributed by atoms with van der Waals surface area (Å²) in [5.74, 6) is 0.260. The summed E-state index contributed by atoms with van der Waals surface area (Å²) in [5, 5.41) is 6.58. The molecular formula is C16H20F2N4O3. The first kappa shape index (κ1) is 18.8. The molecule has 0 saturated heterocycles. The molecule has 1 aromatic carbocycles. The first-order valence-electron chi connectivity index (χ1n) is 7.70. The first-order chi connectivity index (χ1) is 11.8. The topological polar surface area (TPSA) is 80.5 Å². The summed E-state index contributed by atoms with van der Waals surface area (Å²) in [6, 6.07) is 6.25. The minimum Gasteiger partial charge on any atom is -0.434 e. The summed E-state index contributed by atoms with van der Waals surface area (Å²) in [6.07, 6.45) is 0. The molecule has 0 saturated carbocycles. The van der Waals surface area contributed by atoms with Crippen molar-refractivity contribution < 1.29 is 22.8 Å². The number of nitrogens with zero attached hydrogens (tertiary/aromatic N) is 3. The van der Waals surface area contributed by atoms with Crippen LogP contribution >= 0.6 is 0 Å². The predicted octanol–water partition coefficient (Wildman–Crippen LogP) is 2.29. The van der Waals surface area contributed by atoms with E-state index in [-0.39, 0.29) is 42.5 Å². The van der Waals surface area contributed by atoms with E-state index in [1.165, 1.54) is 6.07 Å². The van der Waals surface area contributed by atoms with Crippen LogP contribution < -0.4 is 10.1 Å². The van der Waals surface area contributed by atoms with Gasteiger partial charge in [-0.1, -0.05) is 17.3 Å². The molecule has 1 heterocycles. The third kappa shape index (κ3) is 5.79. The Hall–Kier alpha value is -2.55. The molecule has 0 atom stereocenters. The van der Waals surface area contributed by atoms with Crippen LogP contribution in [0.1, 0.15) is 19.7 Å². The largest absolute Gasteiger partial charge is 0.434 e. The fraction of sp³-hybridized carbons (Fsp3) is 0.438. The van der Waals surface area contributed by atoms with Gasteiger partial charge in [-0.15, -0.1) is 0 Å². The summed E-state index contributed by atoms with van der Waals surface area (Å²) in [6.45, 7) is 1.22. The van der Waals surface area contributed by atoms with Gasteiger partial charge in [0.05, 0.1) is 18.7 Å². The zero-order valence-electron chi connectivity index (χ0n) is 14.2. The van der Waals surface area contributed by atoms with Crippen LogP contribution in [0.4, 0.5) is 8.78 Å². The summed E-state index contributed by atoms with van der Waals surface area (Å²) in [5.41, 5.74) is 0.304. The lowest BCUT2D eigenvalue weighted by atomic mass is 10.2. The number of hydrogen-bond donors (Lipinski definition) is 1. The zero-order valence-corrected chi connectivity index (χ0v) is 14.2. The average Bonchev–Trinajstić information content (AvgIpc) is 2.94. The second kappa shape index (κ2) is 8.52. The Balaban J connectivity index is 2.04. The van der Waals surface area contributed by atoms with Gasteiger partial charge in [-0.2, -0.15) is 13.8 Å². The molecule has 2 rings (SSSR count). The van der Waals surface area contributed by atoms with Crippen LogP contribution in [0, 0.1) is 0 Å². The maximum atomic E-state index is 12.5. The monoisotopic (exact) mass is 354 g/mol. The quantitative estimate of drug-likeness (QED) is 0.783. The normalized spacial score (nSPS) is 11.4. The Morgan fingerprint density at radius 2 is 2.08 bits per heavy atom. The van der Waals surface area contributed by atoms with Gasteiger partial charge in [0.25, 0.3) is 0 Å². The molecule has 2 aromatic rings. The third-order valence-electron chi connectivity index (χ3n) is 3.08. The number of alkyl halides is 2. The number of likely N-dealkylation sites (N-methyl/N-ethyl adjacent to an activating group) is 1. The Morgan fingerprint density at radius 1 is 1.36 bits per heavy atom. The van der Waals surface area contributed by atoms with E-state index in [0.29, 0.717) is 5.56 Å². The van der Waals surface area contributed by atoms with Crippen molar-refractivity contribution in [1.82, 2.24) is 20.4 Å². The number of rotatable bonds is 8. The number of para-hydroxylation sites is 1.